The highest BCUT2D eigenvalue weighted by Gasteiger charge is 2.13. The van der Waals surface area contributed by atoms with Crippen molar-refractivity contribution in [1.29, 1.82) is 0 Å². The Morgan fingerprint density at radius 2 is 1.77 bits per heavy atom. The summed E-state index contributed by atoms with van der Waals surface area (Å²) in [6.07, 6.45) is 5.55. The normalized spacial score (nSPS) is 11.1. The fourth-order valence-corrected chi connectivity index (χ4v) is 3.96. The van der Waals surface area contributed by atoms with Crippen molar-refractivity contribution >= 4 is 47.0 Å². The van der Waals surface area contributed by atoms with E-state index in [1.807, 2.05) is 41.1 Å². The Balaban J connectivity index is 1.68. The van der Waals surface area contributed by atoms with Gasteiger partial charge in [-0.1, -0.05) is 41.4 Å². The number of nitrogens with zero attached hydrogens (tertiary/aromatic N) is 3. The molecule has 0 amide bonds. The molecule has 0 N–H and O–H groups in total. The van der Waals surface area contributed by atoms with Crippen LogP contribution in [-0.2, 0) is 11.3 Å². The van der Waals surface area contributed by atoms with E-state index in [4.69, 9.17) is 32.9 Å². The minimum atomic E-state index is -0.437. The van der Waals surface area contributed by atoms with Crippen LogP contribution in [0.1, 0.15) is 27.3 Å². The molecule has 0 fully saturated rings. The van der Waals surface area contributed by atoms with E-state index in [-0.39, 0.29) is 5.69 Å². The van der Waals surface area contributed by atoms with E-state index in [1.54, 1.807) is 36.4 Å². The van der Waals surface area contributed by atoms with Gasteiger partial charge in [0.2, 0.25) is 0 Å². The first kappa shape index (κ1) is 24.2. The number of nitro groups is 1. The lowest BCUT2D eigenvalue weighted by Crippen LogP contribution is -2.03. The Morgan fingerprint density at radius 3 is 2.40 bits per heavy atom. The highest BCUT2D eigenvalue weighted by Crippen LogP contribution is 2.30. The first-order chi connectivity index (χ1) is 16.8. The summed E-state index contributed by atoms with van der Waals surface area (Å²) in [5.74, 6) is 0.256. The molecular weight excluding hydrogens is 489 g/mol. The molecule has 0 bridgehead atoms. The molecule has 4 aromatic rings. The molecule has 0 aliphatic heterocycles. The minimum absolute atomic E-state index is 0.0266. The van der Waals surface area contributed by atoms with Crippen LogP contribution in [-0.4, -0.2) is 27.6 Å². The number of halogens is 2. The molecule has 1 heterocycles. The Kier molecular flexibility index (Phi) is 7.29. The largest absolute Gasteiger partial charge is 0.465 e. The minimum Gasteiger partial charge on any atom is -0.465 e. The predicted octanol–water partition coefficient (Wildman–Crippen LogP) is 6.77. The highest BCUT2D eigenvalue weighted by molar-refractivity contribution is 6.36. The average molecular weight is 508 g/mol. The Hall–Kier alpha value is -3.94. The van der Waals surface area contributed by atoms with E-state index >= 15 is 0 Å². The number of imidazole rings is 1. The maximum absolute atomic E-state index is 11.7. The monoisotopic (exact) mass is 507 g/mol. The number of ether oxygens (including phenoxy) is 1. The zero-order valence-corrected chi connectivity index (χ0v) is 20.0. The van der Waals surface area contributed by atoms with E-state index in [1.165, 1.54) is 19.2 Å². The van der Waals surface area contributed by atoms with Gasteiger partial charge in [0.25, 0.3) is 5.69 Å². The van der Waals surface area contributed by atoms with Gasteiger partial charge < -0.3 is 9.30 Å². The summed E-state index contributed by atoms with van der Waals surface area (Å²) < 4.78 is 6.71. The maximum Gasteiger partial charge on any atom is 0.337 e. The third-order valence-corrected chi connectivity index (χ3v) is 5.82. The van der Waals surface area contributed by atoms with Crippen LogP contribution in [0, 0.1) is 10.1 Å². The van der Waals surface area contributed by atoms with Crippen LogP contribution in [0.15, 0.2) is 72.9 Å². The summed E-state index contributed by atoms with van der Waals surface area (Å²) in [4.78, 5) is 26.9. The fraction of sp³-hybridized carbons (Fsp3) is 0.0769. The second-order valence-electron chi connectivity index (χ2n) is 7.61. The fourth-order valence-electron chi connectivity index (χ4n) is 3.46. The number of carbonyl (C=O) groups is 1. The van der Waals surface area contributed by atoms with Crippen molar-refractivity contribution in [3.05, 3.63) is 116 Å². The molecule has 0 aliphatic carbocycles. The lowest BCUT2D eigenvalue weighted by molar-refractivity contribution is -0.384. The molecule has 35 heavy (non-hydrogen) atoms. The quantitative estimate of drug-likeness (QED) is 0.156. The molecule has 0 unspecified atom stereocenters. The molecule has 0 aliphatic rings. The van der Waals surface area contributed by atoms with Crippen LogP contribution in [0.2, 0.25) is 10.0 Å². The van der Waals surface area contributed by atoms with E-state index in [9.17, 15) is 14.9 Å². The van der Waals surface area contributed by atoms with Crippen LogP contribution < -0.4 is 0 Å². The number of esters is 1. The van der Waals surface area contributed by atoms with E-state index in [2.05, 4.69) is 0 Å². The number of methoxy groups -OCH3 is 1. The molecule has 4 rings (SSSR count). The highest BCUT2D eigenvalue weighted by atomic mass is 35.5. The number of hydrogen-bond acceptors (Lipinski definition) is 5. The van der Waals surface area contributed by atoms with Gasteiger partial charge in [-0.15, -0.1) is 0 Å². The van der Waals surface area contributed by atoms with Crippen molar-refractivity contribution in [3.8, 4) is 11.3 Å². The van der Waals surface area contributed by atoms with Crippen LogP contribution in [0.4, 0.5) is 5.69 Å². The van der Waals surface area contributed by atoms with Crippen molar-refractivity contribution in [2.75, 3.05) is 7.11 Å². The SMILES string of the molecule is COC(=O)c1ccc(Cn2cc(-c3ccc(Cl)cc3Cl)nc2C=Cc2ccc([N+](=O)[O-])cc2)cc1. The van der Waals surface area contributed by atoms with Crippen LogP contribution in [0.5, 0.6) is 0 Å². The molecule has 0 saturated heterocycles. The average Bonchev–Trinajstić information content (AvgIpc) is 3.25. The first-order valence-corrected chi connectivity index (χ1v) is 11.2. The van der Waals surface area contributed by atoms with Crippen molar-refractivity contribution in [3.63, 3.8) is 0 Å². The third-order valence-electron chi connectivity index (χ3n) is 5.27. The summed E-state index contributed by atoms with van der Waals surface area (Å²) in [5.41, 5.74) is 3.64. The Morgan fingerprint density at radius 1 is 1.06 bits per heavy atom. The zero-order chi connectivity index (χ0) is 24.9. The molecule has 3 aromatic carbocycles. The van der Waals surface area contributed by atoms with Crippen molar-refractivity contribution < 1.29 is 14.5 Å². The smallest absolute Gasteiger partial charge is 0.337 e. The summed E-state index contributed by atoms with van der Waals surface area (Å²) in [7, 11) is 1.34. The van der Waals surface area contributed by atoms with Gasteiger partial charge in [0.1, 0.15) is 5.82 Å². The van der Waals surface area contributed by atoms with E-state index in [0.29, 0.717) is 33.7 Å². The van der Waals surface area contributed by atoms with Gasteiger partial charge in [-0.25, -0.2) is 9.78 Å². The van der Waals surface area contributed by atoms with Crippen LogP contribution in [0.3, 0.4) is 0 Å². The second-order valence-corrected chi connectivity index (χ2v) is 8.45. The zero-order valence-electron chi connectivity index (χ0n) is 18.5. The first-order valence-electron chi connectivity index (χ1n) is 10.5. The van der Waals surface area contributed by atoms with Crippen molar-refractivity contribution in [2.24, 2.45) is 0 Å². The molecule has 0 spiro atoms. The Bertz CT molecular complexity index is 1410. The number of aromatic nitrogens is 2. The lowest BCUT2D eigenvalue weighted by atomic mass is 10.1. The summed E-state index contributed by atoms with van der Waals surface area (Å²) in [6, 6.07) is 18.6. The number of rotatable bonds is 7. The van der Waals surface area contributed by atoms with Gasteiger partial charge in [0.15, 0.2) is 0 Å². The predicted molar refractivity (Wildman–Crippen MR) is 137 cm³/mol. The maximum atomic E-state index is 11.7. The molecule has 1 aromatic heterocycles. The van der Waals surface area contributed by atoms with Gasteiger partial charge >= 0.3 is 5.97 Å². The number of non-ortho nitro benzene ring substituents is 1. The number of hydrogen-bond donors (Lipinski definition) is 0. The van der Waals surface area contributed by atoms with Crippen molar-refractivity contribution in [1.82, 2.24) is 9.55 Å². The topological polar surface area (TPSA) is 87.3 Å². The molecule has 0 radical (unpaired) electrons. The van der Waals surface area contributed by atoms with Gasteiger partial charge in [0, 0.05) is 35.5 Å². The summed E-state index contributed by atoms with van der Waals surface area (Å²) >= 11 is 12.5. The molecule has 0 saturated carbocycles. The van der Waals surface area contributed by atoms with Crippen LogP contribution >= 0.6 is 23.2 Å². The van der Waals surface area contributed by atoms with Crippen LogP contribution in [0.25, 0.3) is 23.4 Å². The molecule has 9 heteroatoms. The number of benzene rings is 3. The summed E-state index contributed by atoms with van der Waals surface area (Å²) in [5, 5.41) is 11.9. The number of carbonyl (C=O) groups excluding carboxylic acids is 1. The summed E-state index contributed by atoms with van der Waals surface area (Å²) in [6.45, 7) is 0.486. The number of nitro benzene ring substituents is 1. The second kappa shape index (κ2) is 10.5. The lowest BCUT2D eigenvalue weighted by Gasteiger charge is -2.07. The van der Waals surface area contributed by atoms with Gasteiger partial charge in [0.05, 0.1) is 28.3 Å². The van der Waals surface area contributed by atoms with E-state index in [0.717, 1.165) is 16.7 Å². The molecule has 176 valence electrons. The van der Waals surface area contributed by atoms with Crippen molar-refractivity contribution in [2.45, 2.75) is 6.54 Å². The van der Waals surface area contributed by atoms with Gasteiger partial charge in [-0.3, -0.25) is 10.1 Å². The Labute approximate surface area is 211 Å². The molecular formula is C26H19Cl2N3O4. The van der Waals surface area contributed by atoms with E-state index < -0.39 is 10.9 Å². The van der Waals surface area contributed by atoms with Gasteiger partial charge in [-0.2, -0.15) is 0 Å². The molecule has 7 nitrogen and oxygen atoms in total. The third kappa shape index (κ3) is 5.77. The standard InChI is InChI=1S/C26H19Cl2N3O4/c1-35-26(32)19-7-2-18(3-8-19)15-30-16-24(22-12-9-20(27)14-23(22)28)29-25(30)13-6-17-4-10-21(11-5-17)31(33)34/h2-14,16H,15H2,1H3. The molecule has 0 atom stereocenters. The van der Waals surface area contributed by atoms with Gasteiger partial charge in [-0.05, 0) is 59.7 Å².